The summed E-state index contributed by atoms with van der Waals surface area (Å²) in [7, 11) is 1.64. The van der Waals surface area contributed by atoms with E-state index in [1.54, 1.807) is 7.11 Å². The Hall–Kier alpha value is -1.94. The standard InChI is InChI=1S/C14H16N2O2/c1-10-9-12(16-14(15-10)7-8-17)11-5-3-4-6-13(11)18-2/h3-6,9,17H,7-8H2,1-2H3. The molecule has 0 aliphatic carbocycles. The van der Waals surface area contributed by atoms with Crippen molar-refractivity contribution in [1.29, 1.82) is 0 Å². The van der Waals surface area contributed by atoms with Crippen molar-refractivity contribution < 1.29 is 9.84 Å². The van der Waals surface area contributed by atoms with E-state index >= 15 is 0 Å². The lowest BCUT2D eigenvalue weighted by Gasteiger charge is -2.09. The van der Waals surface area contributed by atoms with Gasteiger partial charge >= 0.3 is 0 Å². The first-order valence-corrected chi connectivity index (χ1v) is 5.83. The maximum atomic E-state index is 8.97. The molecule has 94 valence electrons. The van der Waals surface area contributed by atoms with Crippen molar-refractivity contribution in [2.24, 2.45) is 0 Å². The number of hydrogen-bond acceptors (Lipinski definition) is 4. The van der Waals surface area contributed by atoms with E-state index in [9.17, 15) is 0 Å². The predicted octanol–water partition coefficient (Wildman–Crippen LogP) is 2.00. The molecule has 0 fully saturated rings. The molecule has 2 aromatic rings. The molecule has 0 bridgehead atoms. The van der Waals surface area contributed by atoms with Gasteiger partial charge in [0.05, 0.1) is 19.4 Å². The molecule has 4 heteroatoms. The van der Waals surface area contributed by atoms with Crippen LogP contribution in [0.5, 0.6) is 5.75 Å². The lowest BCUT2D eigenvalue weighted by Crippen LogP contribution is -2.02. The number of para-hydroxylation sites is 1. The highest BCUT2D eigenvalue weighted by molar-refractivity contribution is 5.67. The maximum absolute atomic E-state index is 8.97. The van der Waals surface area contributed by atoms with E-state index in [-0.39, 0.29) is 6.61 Å². The van der Waals surface area contributed by atoms with Gasteiger partial charge in [0.2, 0.25) is 0 Å². The number of aliphatic hydroxyl groups excluding tert-OH is 1. The van der Waals surface area contributed by atoms with Gasteiger partial charge in [-0.2, -0.15) is 0 Å². The Morgan fingerprint density at radius 2 is 2.00 bits per heavy atom. The van der Waals surface area contributed by atoms with Gasteiger partial charge in [-0.3, -0.25) is 0 Å². The van der Waals surface area contributed by atoms with Crippen molar-refractivity contribution in [3.8, 4) is 17.0 Å². The number of aryl methyl sites for hydroxylation is 1. The van der Waals surface area contributed by atoms with Crippen molar-refractivity contribution in [1.82, 2.24) is 9.97 Å². The largest absolute Gasteiger partial charge is 0.496 e. The molecule has 0 atom stereocenters. The second-order valence-electron chi connectivity index (χ2n) is 3.98. The third-order valence-corrected chi connectivity index (χ3v) is 2.62. The fourth-order valence-corrected chi connectivity index (χ4v) is 1.84. The van der Waals surface area contributed by atoms with Crippen LogP contribution in [-0.4, -0.2) is 28.8 Å². The summed E-state index contributed by atoms with van der Waals surface area (Å²) in [6, 6.07) is 9.65. The summed E-state index contributed by atoms with van der Waals surface area (Å²) in [6.07, 6.45) is 0.462. The third-order valence-electron chi connectivity index (χ3n) is 2.62. The average Bonchev–Trinajstić information content (AvgIpc) is 2.38. The number of methoxy groups -OCH3 is 1. The number of rotatable bonds is 4. The molecule has 0 spiro atoms. The van der Waals surface area contributed by atoms with E-state index in [2.05, 4.69) is 9.97 Å². The number of ether oxygens (including phenoxy) is 1. The first-order chi connectivity index (χ1) is 8.74. The van der Waals surface area contributed by atoms with Crippen molar-refractivity contribution >= 4 is 0 Å². The van der Waals surface area contributed by atoms with Crippen LogP contribution in [0.2, 0.25) is 0 Å². The SMILES string of the molecule is COc1ccccc1-c1cc(C)nc(CCO)n1. The van der Waals surface area contributed by atoms with Gasteiger partial charge in [0, 0.05) is 17.7 Å². The Kier molecular flexibility index (Phi) is 3.89. The molecule has 0 radical (unpaired) electrons. The smallest absolute Gasteiger partial charge is 0.131 e. The van der Waals surface area contributed by atoms with Crippen molar-refractivity contribution in [2.75, 3.05) is 13.7 Å². The van der Waals surface area contributed by atoms with E-state index in [0.717, 1.165) is 22.7 Å². The van der Waals surface area contributed by atoms with Gasteiger partial charge in [-0.05, 0) is 25.1 Å². The second kappa shape index (κ2) is 5.60. The van der Waals surface area contributed by atoms with Crippen LogP contribution in [0.3, 0.4) is 0 Å². The van der Waals surface area contributed by atoms with E-state index in [1.807, 2.05) is 37.3 Å². The van der Waals surface area contributed by atoms with E-state index < -0.39 is 0 Å². The van der Waals surface area contributed by atoms with Crippen LogP contribution in [0.1, 0.15) is 11.5 Å². The van der Waals surface area contributed by atoms with Gasteiger partial charge in [0.15, 0.2) is 0 Å². The summed E-state index contributed by atoms with van der Waals surface area (Å²) in [5, 5.41) is 8.97. The summed E-state index contributed by atoms with van der Waals surface area (Å²) >= 11 is 0. The highest BCUT2D eigenvalue weighted by Crippen LogP contribution is 2.28. The first-order valence-electron chi connectivity index (χ1n) is 5.83. The molecule has 0 amide bonds. The third kappa shape index (κ3) is 2.65. The van der Waals surface area contributed by atoms with Crippen LogP contribution in [-0.2, 0) is 6.42 Å². The zero-order valence-electron chi connectivity index (χ0n) is 10.6. The molecule has 1 aromatic heterocycles. The lowest BCUT2D eigenvalue weighted by atomic mass is 10.1. The zero-order valence-corrected chi connectivity index (χ0v) is 10.6. The van der Waals surface area contributed by atoms with Crippen LogP contribution in [0, 0.1) is 6.92 Å². The van der Waals surface area contributed by atoms with Gasteiger partial charge in [-0.15, -0.1) is 0 Å². The molecule has 0 aliphatic rings. The minimum absolute atomic E-state index is 0.0504. The van der Waals surface area contributed by atoms with Crippen molar-refractivity contribution in [3.63, 3.8) is 0 Å². The summed E-state index contributed by atoms with van der Waals surface area (Å²) in [5.74, 6) is 1.43. The van der Waals surface area contributed by atoms with E-state index in [1.165, 1.54) is 0 Å². The summed E-state index contributed by atoms with van der Waals surface area (Å²) in [6.45, 7) is 1.97. The average molecular weight is 244 g/mol. The molecule has 1 aromatic carbocycles. The highest BCUT2D eigenvalue weighted by Gasteiger charge is 2.08. The van der Waals surface area contributed by atoms with Crippen LogP contribution >= 0.6 is 0 Å². The number of nitrogens with zero attached hydrogens (tertiary/aromatic N) is 2. The number of aromatic nitrogens is 2. The molecule has 2 rings (SSSR count). The topological polar surface area (TPSA) is 55.2 Å². The summed E-state index contributed by atoms with van der Waals surface area (Å²) in [4.78, 5) is 8.74. The Morgan fingerprint density at radius 1 is 1.22 bits per heavy atom. The monoisotopic (exact) mass is 244 g/mol. The molecule has 1 N–H and O–H groups in total. The van der Waals surface area contributed by atoms with Gasteiger partial charge in [-0.1, -0.05) is 12.1 Å². The van der Waals surface area contributed by atoms with Crippen LogP contribution in [0.25, 0.3) is 11.3 Å². The molecule has 0 saturated heterocycles. The molecule has 4 nitrogen and oxygen atoms in total. The van der Waals surface area contributed by atoms with Gasteiger partial charge in [0.25, 0.3) is 0 Å². The van der Waals surface area contributed by atoms with E-state index in [0.29, 0.717) is 12.2 Å². The molecule has 1 heterocycles. The quantitative estimate of drug-likeness (QED) is 0.893. The molecule has 0 saturated carbocycles. The number of benzene rings is 1. The lowest BCUT2D eigenvalue weighted by molar-refractivity contribution is 0.296. The maximum Gasteiger partial charge on any atom is 0.131 e. The van der Waals surface area contributed by atoms with Gasteiger partial charge in [0.1, 0.15) is 11.6 Å². The van der Waals surface area contributed by atoms with Crippen LogP contribution in [0.4, 0.5) is 0 Å². The molecule has 18 heavy (non-hydrogen) atoms. The first kappa shape index (κ1) is 12.5. The molecule has 0 aliphatic heterocycles. The van der Waals surface area contributed by atoms with Crippen LogP contribution in [0.15, 0.2) is 30.3 Å². The summed E-state index contributed by atoms with van der Waals surface area (Å²) < 4.78 is 5.33. The number of hydrogen-bond donors (Lipinski definition) is 1. The normalized spacial score (nSPS) is 10.4. The molecule has 0 unspecified atom stereocenters. The summed E-state index contributed by atoms with van der Waals surface area (Å²) in [5.41, 5.74) is 2.64. The Labute approximate surface area is 106 Å². The predicted molar refractivity (Wildman–Crippen MR) is 69.5 cm³/mol. The number of aliphatic hydroxyl groups is 1. The zero-order chi connectivity index (χ0) is 13.0. The minimum atomic E-state index is 0.0504. The Bertz CT molecular complexity index is 541. The molecular weight excluding hydrogens is 228 g/mol. The second-order valence-corrected chi connectivity index (χ2v) is 3.98. The Morgan fingerprint density at radius 3 is 2.72 bits per heavy atom. The highest BCUT2D eigenvalue weighted by atomic mass is 16.5. The van der Waals surface area contributed by atoms with Crippen molar-refractivity contribution in [3.05, 3.63) is 41.9 Å². The van der Waals surface area contributed by atoms with Crippen molar-refractivity contribution in [2.45, 2.75) is 13.3 Å². The van der Waals surface area contributed by atoms with E-state index in [4.69, 9.17) is 9.84 Å². The minimum Gasteiger partial charge on any atom is -0.496 e. The van der Waals surface area contributed by atoms with Crippen LogP contribution < -0.4 is 4.74 Å². The Balaban J connectivity index is 2.49. The fraction of sp³-hybridized carbons (Fsp3) is 0.286. The van der Waals surface area contributed by atoms with Gasteiger partial charge in [-0.25, -0.2) is 9.97 Å². The molecular formula is C14H16N2O2. The van der Waals surface area contributed by atoms with Gasteiger partial charge < -0.3 is 9.84 Å². The fourth-order valence-electron chi connectivity index (χ4n) is 1.84.